The molecule has 8 nitrogen and oxygen atoms in total. The number of thiazole rings is 1. The number of allylic oxidation sites excluding steroid dienone is 2. The summed E-state index contributed by atoms with van der Waals surface area (Å²) in [5.41, 5.74) is 14.4. The first-order valence-corrected chi connectivity index (χ1v) is 10.6. The Balaban J connectivity index is 1.54. The molecule has 5 N–H and O–H groups in total. The van der Waals surface area contributed by atoms with E-state index in [4.69, 9.17) is 16.2 Å². The van der Waals surface area contributed by atoms with E-state index in [1.165, 1.54) is 11.3 Å². The number of hydrogen-bond acceptors (Lipinski definition) is 7. The number of rotatable bonds is 4. The summed E-state index contributed by atoms with van der Waals surface area (Å²) in [6, 6.07) is -0.551. The number of nitrogens with zero attached hydrogens (tertiary/aromatic N) is 3. The van der Waals surface area contributed by atoms with E-state index in [0.29, 0.717) is 29.2 Å². The molecule has 3 heterocycles. The summed E-state index contributed by atoms with van der Waals surface area (Å²) < 4.78 is 21.2. The van der Waals surface area contributed by atoms with Gasteiger partial charge in [-0.05, 0) is 37.7 Å². The molecule has 0 spiro atoms. The molecule has 4 rings (SSSR count). The van der Waals surface area contributed by atoms with E-state index in [9.17, 15) is 9.18 Å². The van der Waals surface area contributed by atoms with Gasteiger partial charge in [-0.1, -0.05) is 17.4 Å². The molecule has 10 heteroatoms. The number of amides is 1. The molecule has 1 aliphatic heterocycles. The number of carbonyl (C=O) groups is 1. The van der Waals surface area contributed by atoms with Gasteiger partial charge >= 0.3 is 0 Å². The van der Waals surface area contributed by atoms with Crippen molar-refractivity contribution in [2.24, 2.45) is 12.8 Å². The van der Waals surface area contributed by atoms with Crippen LogP contribution in [-0.4, -0.2) is 39.5 Å². The van der Waals surface area contributed by atoms with E-state index in [1.54, 1.807) is 17.9 Å². The van der Waals surface area contributed by atoms with Crippen LogP contribution in [0.1, 0.15) is 59.4 Å². The third-order valence-corrected chi connectivity index (χ3v) is 6.37. The van der Waals surface area contributed by atoms with Gasteiger partial charge in [0.1, 0.15) is 22.3 Å². The smallest absolute Gasteiger partial charge is 0.277 e. The van der Waals surface area contributed by atoms with Crippen LogP contribution >= 0.6 is 11.3 Å². The Labute approximate surface area is 172 Å². The zero-order valence-electron chi connectivity index (χ0n) is 16.2. The number of alkyl halides is 1. The lowest BCUT2D eigenvalue weighted by Gasteiger charge is -2.17. The number of nitrogen functional groups attached to an aromatic ring is 1. The molecule has 0 saturated carbocycles. The standard InChI is InChI=1S/C19H25FN6O2S/c1-26-16(14-7-6-12(21)11(20)9-28-14)13(8-23-26)24-18(27)15-17(22)29-19(25-15)10-4-2-3-5-10/h4,8,11-12,14H,2-3,5-7,9,21-22H2,1H3,(H,24,27)/t11-,12?,14?/m0/s1. The fourth-order valence-electron chi connectivity index (χ4n) is 3.76. The summed E-state index contributed by atoms with van der Waals surface area (Å²) >= 11 is 1.33. The Kier molecular flexibility index (Phi) is 5.66. The minimum Gasteiger partial charge on any atom is -0.389 e. The minimum atomic E-state index is -1.20. The molecular formula is C19H25FN6O2S. The van der Waals surface area contributed by atoms with Gasteiger partial charge in [0, 0.05) is 13.1 Å². The van der Waals surface area contributed by atoms with Crippen molar-refractivity contribution in [3.05, 3.63) is 28.7 Å². The zero-order chi connectivity index (χ0) is 20.5. The average Bonchev–Trinajstić information content (AvgIpc) is 3.40. The molecule has 1 fully saturated rings. The van der Waals surface area contributed by atoms with Crippen molar-refractivity contribution in [2.75, 3.05) is 17.7 Å². The molecule has 3 atom stereocenters. The van der Waals surface area contributed by atoms with Crippen molar-refractivity contribution in [3.63, 3.8) is 0 Å². The lowest BCUT2D eigenvalue weighted by Crippen LogP contribution is -2.32. The quantitative estimate of drug-likeness (QED) is 0.699. The number of ether oxygens (including phenoxy) is 1. The summed E-state index contributed by atoms with van der Waals surface area (Å²) in [6.45, 7) is -0.0814. The van der Waals surface area contributed by atoms with Crippen molar-refractivity contribution in [1.29, 1.82) is 0 Å². The highest BCUT2D eigenvalue weighted by Crippen LogP contribution is 2.35. The van der Waals surface area contributed by atoms with Crippen molar-refractivity contribution in [1.82, 2.24) is 14.8 Å². The number of nitrogens with one attached hydrogen (secondary N) is 1. The van der Waals surface area contributed by atoms with Crippen molar-refractivity contribution < 1.29 is 13.9 Å². The summed E-state index contributed by atoms with van der Waals surface area (Å²) in [6.07, 6.45) is 6.20. The molecule has 1 amide bonds. The third kappa shape index (κ3) is 4.05. The van der Waals surface area contributed by atoms with Crippen LogP contribution in [0.3, 0.4) is 0 Å². The first kappa shape index (κ1) is 20.0. The van der Waals surface area contributed by atoms with Crippen LogP contribution in [0.4, 0.5) is 15.1 Å². The number of hydrogen-bond donors (Lipinski definition) is 3. The van der Waals surface area contributed by atoms with Gasteiger partial charge in [-0.25, -0.2) is 9.37 Å². The lowest BCUT2D eigenvalue weighted by molar-refractivity contribution is 0.0247. The molecule has 1 aliphatic carbocycles. The SMILES string of the molecule is Cn1ncc(NC(=O)c2nc(C3=CCCC3)sc2N)c1C1CCC(N)[C@@H](F)CO1. The highest BCUT2D eigenvalue weighted by molar-refractivity contribution is 7.17. The molecule has 0 radical (unpaired) electrons. The van der Waals surface area contributed by atoms with Crippen LogP contribution < -0.4 is 16.8 Å². The summed E-state index contributed by atoms with van der Waals surface area (Å²) in [4.78, 5) is 17.3. The molecule has 156 valence electrons. The molecule has 2 unspecified atom stereocenters. The van der Waals surface area contributed by atoms with Crippen LogP contribution in [0.5, 0.6) is 0 Å². The van der Waals surface area contributed by atoms with Crippen LogP contribution in [0.2, 0.25) is 0 Å². The van der Waals surface area contributed by atoms with Gasteiger partial charge in [0.15, 0.2) is 5.69 Å². The lowest BCUT2D eigenvalue weighted by atomic mass is 10.0. The highest BCUT2D eigenvalue weighted by atomic mass is 32.1. The third-order valence-electron chi connectivity index (χ3n) is 5.41. The number of carbonyl (C=O) groups excluding carboxylic acids is 1. The maximum atomic E-state index is 13.9. The van der Waals surface area contributed by atoms with Gasteiger partial charge in [0.2, 0.25) is 0 Å². The van der Waals surface area contributed by atoms with Gasteiger partial charge in [-0.15, -0.1) is 0 Å². The molecular weight excluding hydrogens is 395 g/mol. The van der Waals surface area contributed by atoms with E-state index in [1.807, 2.05) is 0 Å². The zero-order valence-corrected chi connectivity index (χ0v) is 17.0. The van der Waals surface area contributed by atoms with E-state index >= 15 is 0 Å². The summed E-state index contributed by atoms with van der Waals surface area (Å²) in [7, 11) is 1.76. The highest BCUT2D eigenvalue weighted by Gasteiger charge is 2.30. The van der Waals surface area contributed by atoms with Gasteiger partial charge < -0.3 is 21.5 Å². The molecule has 1 saturated heterocycles. The predicted molar refractivity (Wildman–Crippen MR) is 110 cm³/mol. The van der Waals surface area contributed by atoms with Gasteiger partial charge in [0.05, 0.1) is 24.2 Å². The Morgan fingerprint density at radius 3 is 3.03 bits per heavy atom. The van der Waals surface area contributed by atoms with E-state index < -0.39 is 24.2 Å². The van der Waals surface area contributed by atoms with Gasteiger partial charge in [-0.2, -0.15) is 5.10 Å². The van der Waals surface area contributed by atoms with Crippen LogP contribution in [-0.2, 0) is 11.8 Å². The molecule has 2 aliphatic rings. The van der Waals surface area contributed by atoms with Crippen molar-refractivity contribution in [3.8, 4) is 0 Å². The monoisotopic (exact) mass is 420 g/mol. The Morgan fingerprint density at radius 1 is 1.45 bits per heavy atom. The fraction of sp³-hybridized carbons (Fsp3) is 0.526. The summed E-state index contributed by atoms with van der Waals surface area (Å²) in [5.74, 6) is -0.397. The Morgan fingerprint density at radius 2 is 2.28 bits per heavy atom. The van der Waals surface area contributed by atoms with E-state index in [0.717, 1.165) is 29.8 Å². The molecule has 2 aromatic heterocycles. The second-order valence-electron chi connectivity index (χ2n) is 7.45. The van der Waals surface area contributed by atoms with Crippen molar-refractivity contribution >= 4 is 33.5 Å². The number of halogens is 1. The van der Waals surface area contributed by atoms with Gasteiger partial charge in [0.25, 0.3) is 5.91 Å². The fourth-order valence-corrected chi connectivity index (χ4v) is 4.66. The number of nitrogens with two attached hydrogens (primary N) is 2. The second-order valence-corrected chi connectivity index (χ2v) is 8.48. The molecule has 0 aromatic carbocycles. The van der Waals surface area contributed by atoms with Gasteiger partial charge in [-0.3, -0.25) is 9.48 Å². The minimum absolute atomic E-state index is 0.0814. The largest absolute Gasteiger partial charge is 0.389 e. The number of anilines is 2. The second kappa shape index (κ2) is 8.21. The molecule has 2 aromatic rings. The Hall–Kier alpha value is -2.30. The maximum absolute atomic E-state index is 13.9. The normalized spacial score (nSPS) is 24.9. The molecule has 29 heavy (non-hydrogen) atoms. The Bertz CT molecular complexity index is 927. The van der Waals surface area contributed by atoms with E-state index in [-0.39, 0.29) is 12.3 Å². The number of aryl methyl sites for hydroxylation is 1. The maximum Gasteiger partial charge on any atom is 0.277 e. The topological polar surface area (TPSA) is 121 Å². The number of aromatic nitrogens is 3. The van der Waals surface area contributed by atoms with Crippen LogP contribution in [0.25, 0.3) is 5.57 Å². The average molecular weight is 421 g/mol. The predicted octanol–water partition coefficient (Wildman–Crippen LogP) is 2.80. The van der Waals surface area contributed by atoms with Crippen LogP contribution in [0.15, 0.2) is 12.3 Å². The van der Waals surface area contributed by atoms with Crippen LogP contribution in [0, 0.1) is 0 Å². The van der Waals surface area contributed by atoms with Crippen molar-refractivity contribution in [2.45, 2.75) is 50.4 Å². The first-order chi connectivity index (χ1) is 13.9. The molecule has 0 bridgehead atoms. The summed E-state index contributed by atoms with van der Waals surface area (Å²) in [5, 5.41) is 8.27. The van der Waals surface area contributed by atoms with E-state index in [2.05, 4.69) is 21.5 Å². The first-order valence-electron chi connectivity index (χ1n) is 9.74.